The van der Waals surface area contributed by atoms with Crippen molar-refractivity contribution in [3.8, 4) is 0 Å². The predicted molar refractivity (Wildman–Crippen MR) is 45.1 cm³/mol. The van der Waals surface area contributed by atoms with Crippen molar-refractivity contribution in [2.75, 3.05) is 20.3 Å². The van der Waals surface area contributed by atoms with Crippen LogP contribution in [0.2, 0.25) is 0 Å². The average molecular weight is 272 g/mol. The predicted octanol–water partition coefficient (Wildman–Crippen LogP) is 0.0567. The molecular formula is C8H14O6Zn. The Kier molecular flexibility index (Phi) is 11.3. The van der Waals surface area contributed by atoms with E-state index in [2.05, 4.69) is 9.78 Å². The van der Waals surface area contributed by atoms with E-state index in [0.717, 1.165) is 0 Å². The SMILES string of the molecule is COCC(C)OC(=O)COOC(C)=O.[Zn]. The van der Waals surface area contributed by atoms with E-state index in [0.29, 0.717) is 6.61 Å². The van der Waals surface area contributed by atoms with E-state index in [9.17, 15) is 9.59 Å². The van der Waals surface area contributed by atoms with Gasteiger partial charge in [-0.2, -0.15) is 4.89 Å². The summed E-state index contributed by atoms with van der Waals surface area (Å²) in [6.45, 7) is 2.72. The van der Waals surface area contributed by atoms with E-state index < -0.39 is 18.5 Å². The molecule has 0 amide bonds. The average Bonchev–Trinajstić information content (AvgIpc) is 2.03. The van der Waals surface area contributed by atoms with Gasteiger partial charge in [-0.1, -0.05) is 0 Å². The maximum absolute atomic E-state index is 10.9. The summed E-state index contributed by atoms with van der Waals surface area (Å²) in [5.41, 5.74) is 0. The molecular weight excluding hydrogens is 257 g/mol. The van der Waals surface area contributed by atoms with Crippen molar-refractivity contribution in [3.63, 3.8) is 0 Å². The van der Waals surface area contributed by atoms with Gasteiger partial charge >= 0.3 is 11.9 Å². The van der Waals surface area contributed by atoms with Crippen LogP contribution in [0.1, 0.15) is 13.8 Å². The minimum absolute atomic E-state index is 0. The number of hydrogen-bond donors (Lipinski definition) is 0. The number of rotatable bonds is 6. The Labute approximate surface area is 101 Å². The van der Waals surface area contributed by atoms with Gasteiger partial charge in [0.2, 0.25) is 0 Å². The molecule has 0 spiro atoms. The van der Waals surface area contributed by atoms with Crippen LogP contribution in [0.15, 0.2) is 0 Å². The minimum atomic E-state index is -0.622. The number of carbonyl (C=O) groups is 2. The second kappa shape index (κ2) is 10.0. The van der Waals surface area contributed by atoms with Crippen LogP contribution >= 0.6 is 0 Å². The van der Waals surface area contributed by atoms with Gasteiger partial charge in [-0.05, 0) is 6.92 Å². The fourth-order valence-corrected chi connectivity index (χ4v) is 0.688. The van der Waals surface area contributed by atoms with Crippen molar-refractivity contribution in [3.05, 3.63) is 0 Å². The topological polar surface area (TPSA) is 71.1 Å². The third-order valence-electron chi connectivity index (χ3n) is 1.09. The van der Waals surface area contributed by atoms with E-state index in [1.165, 1.54) is 14.0 Å². The molecule has 0 saturated heterocycles. The molecule has 0 aromatic carbocycles. The summed E-state index contributed by atoms with van der Waals surface area (Å²) < 4.78 is 9.54. The Morgan fingerprint density at radius 2 is 1.93 bits per heavy atom. The van der Waals surface area contributed by atoms with Gasteiger partial charge < -0.3 is 9.47 Å². The Bertz CT molecular complexity index is 196. The van der Waals surface area contributed by atoms with Gasteiger partial charge in [-0.25, -0.2) is 9.59 Å². The first kappa shape index (κ1) is 16.9. The largest absolute Gasteiger partial charge is 0.458 e. The van der Waals surface area contributed by atoms with Gasteiger partial charge in [0.25, 0.3) is 0 Å². The van der Waals surface area contributed by atoms with Crippen LogP contribution in [0, 0.1) is 0 Å². The van der Waals surface area contributed by atoms with E-state index in [1.54, 1.807) is 6.92 Å². The molecule has 0 N–H and O–H groups in total. The zero-order valence-corrected chi connectivity index (χ0v) is 12.1. The summed E-state index contributed by atoms with van der Waals surface area (Å²) in [4.78, 5) is 29.5. The molecule has 0 rings (SSSR count). The minimum Gasteiger partial charge on any atom is -0.458 e. The van der Waals surface area contributed by atoms with Crippen LogP contribution in [-0.4, -0.2) is 38.4 Å². The van der Waals surface area contributed by atoms with Crippen molar-refractivity contribution < 1.29 is 48.3 Å². The first-order valence-corrected chi connectivity index (χ1v) is 4.04. The third-order valence-corrected chi connectivity index (χ3v) is 1.09. The fraction of sp³-hybridized carbons (Fsp3) is 0.750. The van der Waals surface area contributed by atoms with E-state index in [4.69, 9.17) is 9.47 Å². The molecule has 1 atom stereocenters. The smallest absolute Gasteiger partial charge is 0.339 e. The standard InChI is InChI=1S/C8H14O6.Zn/c1-6(4-11-3)13-8(10)5-12-14-7(2)9;/h6H,4-5H2,1-3H3;. The molecule has 0 aromatic heterocycles. The second-order valence-electron chi connectivity index (χ2n) is 2.59. The van der Waals surface area contributed by atoms with Gasteiger partial charge in [0.05, 0.1) is 6.61 Å². The van der Waals surface area contributed by atoms with Crippen LogP contribution in [0.4, 0.5) is 0 Å². The maximum Gasteiger partial charge on any atom is 0.339 e. The molecule has 7 heteroatoms. The summed E-state index contributed by atoms with van der Waals surface area (Å²) in [7, 11) is 1.50. The van der Waals surface area contributed by atoms with Crippen LogP contribution in [0.25, 0.3) is 0 Å². The Morgan fingerprint density at radius 1 is 1.33 bits per heavy atom. The van der Waals surface area contributed by atoms with Gasteiger partial charge in [0, 0.05) is 33.5 Å². The van der Waals surface area contributed by atoms with E-state index in [-0.39, 0.29) is 25.6 Å². The van der Waals surface area contributed by atoms with Gasteiger partial charge in [-0.3, -0.25) is 4.89 Å². The zero-order chi connectivity index (χ0) is 11.0. The number of esters is 1. The number of ether oxygens (including phenoxy) is 2. The molecule has 15 heavy (non-hydrogen) atoms. The summed E-state index contributed by atoms with van der Waals surface area (Å²) >= 11 is 0. The van der Waals surface area contributed by atoms with Crippen molar-refractivity contribution in [2.45, 2.75) is 20.0 Å². The van der Waals surface area contributed by atoms with Gasteiger partial charge in [0.15, 0.2) is 6.61 Å². The molecule has 1 unspecified atom stereocenters. The first-order chi connectivity index (χ1) is 6.56. The van der Waals surface area contributed by atoms with Crippen molar-refractivity contribution in [1.29, 1.82) is 0 Å². The van der Waals surface area contributed by atoms with Crippen molar-refractivity contribution in [1.82, 2.24) is 0 Å². The zero-order valence-electron chi connectivity index (χ0n) is 9.15. The fourth-order valence-electron chi connectivity index (χ4n) is 0.688. The van der Waals surface area contributed by atoms with Crippen LogP contribution in [-0.2, 0) is 48.3 Å². The third kappa shape index (κ3) is 11.4. The maximum atomic E-state index is 10.9. The number of methoxy groups -OCH3 is 1. The molecule has 0 aliphatic heterocycles. The molecule has 0 saturated carbocycles. The molecule has 0 bridgehead atoms. The monoisotopic (exact) mass is 270 g/mol. The second-order valence-corrected chi connectivity index (χ2v) is 2.59. The summed E-state index contributed by atoms with van der Waals surface area (Å²) in [5.74, 6) is -1.24. The molecule has 0 aromatic rings. The van der Waals surface area contributed by atoms with E-state index >= 15 is 0 Å². The Morgan fingerprint density at radius 3 is 2.40 bits per heavy atom. The van der Waals surface area contributed by atoms with Crippen LogP contribution < -0.4 is 0 Å². The molecule has 0 fully saturated rings. The number of hydrogen-bond acceptors (Lipinski definition) is 6. The summed E-state index contributed by atoms with van der Waals surface area (Å²) in [6, 6.07) is 0. The summed E-state index contributed by atoms with van der Waals surface area (Å²) in [6.07, 6.45) is -0.353. The van der Waals surface area contributed by atoms with E-state index in [1.807, 2.05) is 0 Å². The molecule has 6 nitrogen and oxygen atoms in total. The normalized spacial score (nSPS) is 11.1. The number of carbonyl (C=O) groups excluding carboxylic acids is 2. The first-order valence-electron chi connectivity index (χ1n) is 4.04. The molecule has 0 aliphatic carbocycles. The van der Waals surface area contributed by atoms with Crippen LogP contribution in [0.3, 0.4) is 0 Å². The summed E-state index contributed by atoms with van der Waals surface area (Å²) in [5, 5.41) is 0. The van der Waals surface area contributed by atoms with Gasteiger partial charge in [0.1, 0.15) is 6.10 Å². The quantitative estimate of drug-likeness (QED) is 0.294. The molecule has 0 aliphatic rings. The van der Waals surface area contributed by atoms with Gasteiger partial charge in [-0.15, -0.1) is 0 Å². The molecule has 0 radical (unpaired) electrons. The Balaban J connectivity index is 0. The Hall–Kier alpha value is -0.517. The van der Waals surface area contributed by atoms with Crippen molar-refractivity contribution in [2.24, 2.45) is 0 Å². The van der Waals surface area contributed by atoms with Crippen molar-refractivity contribution >= 4 is 11.9 Å². The van der Waals surface area contributed by atoms with Crippen LogP contribution in [0.5, 0.6) is 0 Å². The molecule has 0 heterocycles. The molecule has 84 valence electrons.